The van der Waals surface area contributed by atoms with Gasteiger partial charge in [0.15, 0.2) is 0 Å². The molecule has 0 spiro atoms. The van der Waals surface area contributed by atoms with Gasteiger partial charge in [0.05, 0.1) is 0 Å². The normalized spacial score (nSPS) is 14.4. The van der Waals surface area contributed by atoms with Crippen molar-refractivity contribution in [3.8, 4) is 0 Å². The van der Waals surface area contributed by atoms with Crippen LogP contribution in [0.1, 0.15) is 17.2 Å². The quantitative estimate of drug-likeness (QED) is 0.431. The summed E-state index contributed by atoms with van der Waals surface area (Å²) in [6, 6.07) is 6.71. The highest BCUT2D eigenvalue weighted by atomic mass is 16.6. The predicted molar refractivity (Wildman–Crippen MR) is 35.3 cm³/mol. The highest BCUT2D eigenvalue weighted by Gasteiger charge is 2.33. The van der Waals surface area contributed by atoms with Gasteiger partial charge in [-0.1, -0.05) is 18.2 Å². The topological polar surface area (TPSA) is 43.1 Å². The van der Waals surface area contributed by atoms with E-state index in [1.54, 1.807) is 12.1 Å². The van der Waals surface area contributed by atoms with Crippen molar-refractivity contribution in [2.75, 3.05) is 0 Å². The van der Waals surface area contributed by atoms with Crippen LogP contribution in [0.15, 0.2) is 24.3 Å². The molecule has 2 aliphatic rings. The first-order valence-electron chi connectivity index (χ1n) is 3.02. The third-order valence-corrected chi connectivity index (χ3v) is 1.75. The van der Waals surface area contributed by atoms with E-state index in [-0.39, 0.29) is 4.92 Å². The molecule has 0 unspecified atom stereocenters. The Hall–Kier alpha value is -1.38. The summed E-state index contributed by atoms with van der Waals surface area (Å²) in [6.07, 6.45) is 0. The number of nitro groups is 1. The Morgan fingerprint density at radius 3 is 2.30 bits per heavy atom. The summed E-state index contributed by atoms with van der Waals surface area (Å²) in [6.45, 7) is 0. The molecule has 0 radical (unpaired) electrons. The van der Waals surface area contributed by atoms with Crippen molar-refractivity contribution in [1.29, 1.82) is 0 Å². The van der Waals surface area contributed by atoms with Gasteiger partial charge in [-0.3, -0.25) is 10.1 Å². The maximum absolute atomic E-state index is 10.3. The van der Waals surface area contributed by atoms with Crippen LogP contribution in [-0.2, 0) is 0 Å². The van der Waals surface area contributed by atoms with E-state index in [1.807, 2.05) is 12.1 Å². The van der Waals surface area contributed by atoms with Crippen LogP contribution in [0.4, 0.5) is 0 Å². The van der Waals surface area contributed by atoms with Crippen LogP contribution >= 0.6 is 0 Å². The van der Waals surface area contributed by atoms with Crippen molar-refractivity contribution in [1.82, 2.24) is 0 Å². The summed E-state index contributed by atoms with van der Waals surface area (Å²) in [7, 11) is 0. The lowest BCUT2D eigenvalue weighted by Gasteiger charge is -2.18. The van der Waals surface area contributed by atoms with Crippen LogP contribution in [0.5, 0.6) is 0 Å². The molecule has 0 saturated carbocycles. The van der Waals surface area contributed by atoms with Crippen LogP contribution in [0, 0.1) is 10.1 Å². The first-order valence-corrected chi connectivity index (χ1v) is 3.02. The first kappa shape index (κ1) is 5.41. The van der Waals surface area contributed by atoms with Crippen LogP contribution in [0.3, 0.4) is 0 Å². The van der Waals surface area contributed by atoms with E-state index >= 15 is 0 Å². The molecule has 3 rings (SSSR count). The molecule has 3 heteroatoms. The zero-order valence-corrected chi connectivity index (χ0v) is 5.15. The number of rotatable bonds is 1. The van der Waals surface area contributed by atoms with E-state index < -0.39 is 6.04 Å². The summed E-state index contributed by atoms with van der Waals surface area (Å²) in [5.41, 5.74) is 1.64. The van der Waals surface area contributed by atoms with Crippen molar-refractivity contribution in [2.24, 2.45) is 0 Å². The van der Waals surface area contributed by atoms with Crippen LogP contribution in [0.2, 0.25) is 0 Å². The van der Waals surface area contributed by atoms with Crippen LogP contribution < -0.4 is 0 Å². The fraction of sp³-hybridized carbons (Fsp3) is 0.143. The van der Waals surface area contributed by atoms with Gasteiger partial charge >= 0.3 is 0 Å². The molecule has 2 aliphatic carbocycles. The Kier molecular flexibility index (Phi) is 0.845. The molecule has 3 nitrogen and oxygen atoms in total. The Morgan fingerprint density at radius 1 is 1.40 bits per heavy atom. The van der Waals surface area contributed by atoms with Gasteiger partial charge in [0.2, 0.25) is 0 Å². The lowest BCUT2D eigenvalue weighted by molar-refractivity contribution is -0.520. The molecule has 0 aromatic heterocycles. The smallest absolute Gasteiger partial charge is 0.263 e. The number of hydrogen-bond acceptors (Lipinski definition) is 2. The summed E-state index contributed by atoms with van der Waals surface area (Å²) in [5.74, 6) is 0. The Morgan fingerprint density at radius 2 is 2.00 bits per heavy atom. The molecule has 0 N–H and O–H groups in total. The summed E-state index contributed by atoms with van der Waals surface area (Å²) >= 11 is 0. The van der Waals surface area contributed by atoms with Gasteiger partial charge in [0, 0.05) is 16.1 Å². The SMILES string of the molecule is O=[N+]([O-])C1c2cccc1c2. The van der Waals surface area contributed by atoms with Crippen molar-refractivity contribution in [3.63, 3.8) is 0 Å². The van der Waals surface area contributed by atoms with Gasteiger partial charge in [-0.25, -0.2) is 0 Å². The largest absolute Gasteiger partial charge is 0.264 e. The second-order valence-corrected chi connectivity index (χ2v) is 2.36. The molecular formula is C7H5NO2. The van der Waals surface area contributed by atoms with Gasteiger partial charge in [0.25, 0.3) is 6.04 Å². The van der Waals surface area contributed by atoms with Gasteiger partial charge in [-0.2, -0.15) is 0 Å². The van der Waals surface area contributed by atoms with E-state index in [0.717, 1.165) is 11.1 Å². The van der Waals surface area contributed by atoms with E-state index in [0.29, 0.717) is 0 Å². The number of hydrogen-bond donors (Lipinski definition) is 0. The van der Waals surface area contributed by atoms with E-state index in [2.05, 4.69) is 0 Å². The molecule has 0 fully saturated rings. The second-order valence-electron chi connectivity index (χ2n) is 2.36. The molecule has 0 amide bonds. The average Bonchev–Trinajstić information content (AvgIpc) is 1.87. The molecule has 2 bridgehead atoms. The van der Waals surface area contributed by atoms with Gasteiger partial charge in [-0.15, -0.1) is 0 Å². The fourth-order valence-electron chi connectivity index (χ4n) is 1.24. The lowest BCUT2D eigenvalue weighted by atomic mass is 9.88. The molecule has 10 heavy (non-hydrogen) atoms. The van der Waals surface area contributed by atoms with Gasteiger partial charge in [0.1, 0.15) is 0 Å². The summed E-state index contributed by atoms with van der Waals surface area (Å²) in [4.78, 5) is 10.0. The minimum absolute atomic E-state index is 0.259. The van der Waals surface area contributed by atoms with E-state index in [4.69, 9.17) is 0 Å². The third kappa shape index (κ3) is 0.492. The maximum Gasteiger partial charge on any atom is 0.263 e. The summed E-state index contributed by atoms with van der Waals surface area (Å²) in [5, 5.41) is 10.3. The first-order chi connectivity index (χ1) is 4.79. The van der Waals surface area contributed by atoms with E-state index in [1.165, 1.54) is 0 Å². The maximum atomic E-state index is 10.3. The average molecular weight is 135 g/mol. The molecule has 1 aromatic carbocycles. The molecule has 0 aliphatic heterocycles. The zero-order valence-electron chi connectivity index (χ0n) is 5.15. The van der Waals surface area contributed by atoms with Crippen LogP contribution in [-0.4, -0.2) is 4.92 Å². The molecular weight excluding hydrogens is 130 g/mol. The molecule has 0 atom stereocenters. The summed E-state index contributed by atoms with van der Waals surface area (Å²) < 4.78 is 0. The monoisotopic (exact) mass is 135 g/mol. The van der Waals surface area contributed by atoms with Crippen molar-refractivity contribution in [3.05, 3.63) is 45.5 Å². The van der Waals surface area contributed by atoms with Crippen molar-refractivity contribution < 1.29 is 4.92 Å². The fourth-order valence-corrected chi connectivity index (χ4v) is 1.24. The standard InChI is InChI=1S/C7H5NO2/c9-8(10)7-5-2-1-3-6(7)4-5/h1-4,7H. The lowest BCUT2D eigenvalue weighted by Crippen LogP contribution is -2.18. The zero-order chi connectivity index (χ0) is 7.14. The molecule has 0 heterocycles. The van der Waals surface area contributed by atoms with Crippen molar-refractivity contribution >= 4 is 0 Å². The number of benzene rings is 1. The predicted octanol–water partition coefficient (Wildman–Crippen LogP) is 1.37. The minimum Gasteiger partial charge on any atom is -0.264 e. The second kappa shape index (κ2) is 1.56. The Labute approximate surface area is 57.4 Å². The Balaban J connectivity index is 2.43. The van der Waals surface area contributed by atoms with Crippen LogP contribution in [0.25, 0.3) is 0 Å². The number of nitrogens with zero attached hydrogens (tertiary/aromatic N) is 1. The molecule has 0 saturated heterocycles. The highest BCUT2D eigenvalue weighted by molar-refractivity contribution is 5.41. The van der Waals surface area contributed by atoms with Gasteiger partial charge in [-0.05, 0) is 6.07 Å². The minimum atomic E-state index is -0.523. The third-order valence-electron chi connectivity index (χ3n) is 1.75. The molecule has 50 valence electrons. The molecule has 1 aromatic rings. The Bertz CT molecular complexity index is 269. The van der Waals surface area contributed by atoms with Gasteiger partial charge < -0.3 is 0 Å². The van der Waals surface area contributed by atoms with Crippen molar-refractivity contribution in [2.45, 2.75) is 6.04 Å². The number of fused-ring (bicyclic) bond motifs is 2. The van der Waals surface area contributed by atoms with E-state index in [9.17, 15) is 10.1 Å². The highest BCUT2D eigenvalue weighted by Crippen LogP contribution is 2.34.